The Kier molecular flexibility index (Phi) is 6.61. The van der Waals surface area contributed by atoms with Crippen LogP contribution in [0.2, 0.25) is 0 Å². The number of rotatable bonds is 7. The van der Waals surface area contributed by atoms with Crippen LogP contribution in [0.3, 0.4) is 0 Å². The second kappa shape index (κ2) is 9.33. The van der Waals surface area contributed by atoms with Gasteiger partial charge in [-0.15, -0.1) is 5.10 Å². The van der Waals surface area contributed by atoms with E-state index < -0.39 is 4.92 Å². The van der Waals surface area contributed by atoms with Crippen molar-refractivity contribution in [3.63, 3.8) is 0 Å². The van der Waals surface area contributed by atoms with Gasteiger partial charge in [0, 0.05) is 17.7 Å². The first-order chi connectivity index (χ1) is 14.0. The van der Waals surface area contributed by atoms with E-state index in [0.29, 0.717) is 23.7 Å². The third kappa shape index (κ3) is 5.00. The number of nitro benzene ring substituents is 1. The molecule has 2 aromatic carbocycles. The number of non-ortho nitro benzene ring substituents is 1. The average molecular weight is 412 g/mol. The highest BCUT2D eigenvalue weighted by molar-refractivity contribution is 8.15. The van der Waals surface area contributed by atoms with Crippen LogP contribution >= 0.6 is 11.8 Å². The molecule has 150 valence electrons. The summed E-state index contributed by atoms with van der Waals surface area (Å²) in [6.07, 6.45) is 2.13. The van der Waals surface area contributed by atoms with Gasteiger partial charge in [-0.05, 0) is 24.1 Å². The lowest BCUT2D eigenvalue weighted by atomic mass is 10.2. The van der Waals surface area contributed by atoms with Crippen LogP contribution in [0.15, 0.2) is 58.7 Å². The lowest BCUT2D eigenvalue weighted by Gasteiger charge is -2.16. The van der Waals surface area contributed by atoms with Gasteiger partial charge in [-0.3, -0.25) is 19.8 Å². The molecule has 1 fully saturated rings. The van der Waals surface area contributed by atoms with Crippen LogP contribution in [0.1, 0.15) is 24.5 Å². The molecule has 0 spiro atoms. The SMILES string of the molecule is CCC1S/C(=N\N=C\c2cccc([N+](=O)[O-])c2)N(Cc2ccc(OC)cc2)C1=O. The van der Waals surface area contributed by atoms with E-state index in [1.54, 1.807) is 24.1 Å². The maximum atomic E-state index is 12.7. The summed E-state index contributed by atoms with van der Waals surface area (Å²) >= 11 is 1.38. The van der Waals surface area contributed by atoms with Crippen molar-refractivity contribution >= 4 is 34.7 Å². The highest BCUT2D eigenvalue weighted by Crippen LogP contribution is 2.31. The number of carbonyl (C=O) groups excluding carboxylic acids is 1. The predicted molar refractivity (Wildman–Crippen MR) is 113 cm³/mol. The van der Waals surface area contributed by atoms with E-state index in [9.17, 15) is 14.9 Å². The molecule has 9 heteroatoms. The molecule has 1 aliphatic heterocycles. The third-order valence-corrected chi connectivity index (χ3v) is 5.65. The van der Waals surface area contributed by atoms with E-state index in [2.05, 4.69) is 10.2 Å². The molecule has 1 unspecified atom stereocenters. The number of methoxy groups -OCH3 is 1. The summed E-state index contributed by atoms with van der Waals surface area (Å²) < 4.78 is 5.16. The fourth-order valence-corrected chi connectivity index (χ4v) is 3.79. The van der Waals surface area contributed by atoms with E-state index in [0.717, 1.165) is 11.3 Å². The second-order valence-electron chi connectivity index (χ2n) is 6.27. The minimum Gasteiger partial charge on any atom is -0.497 e. The van der Waals surface area contributed by atoms with Gasteiger partial charge in [0.05, 0.1) is 30.0 Å². The Labute approximate surface area is 172 Å². The maximum Gasteiger partial charge on any atom is 0.270 e. The van der Waals surface area contributed by atoms with Gasteiger partial charge in [0.2, 0.25) is 5.91 Å². The number of carbonyl (C=O) groups is 1. The van der Waals surface area contributed by atoms with Gasteiger partial charge in [-0.2, -0.15) is 5.10 Å². The number of amidine groups is 1. The Morgan fingerprint density at radius 2 is 2.03 bits per heavy atom. The normalized spacial score (nSPS) is 18.0. The van der Waals surface area contributed by atoms with Crippen molar-refractivity contribution in [3.8, 4) is 5.75 Å². The topological polar surface area (TPSA) is 97.4 Å². The molecule has 0 aliphatic carbocycles. The number of ether oxygens (including phenoxy) is 1. The van der Waals surface area contributed by atoms with E-state index in [4.69, 9.17) is 4.74 Å². The number of nitrogens with zero attached hydrogens (tertiary/aromatic N) is 4. The average Bonchev–Trinajstić information content (AvgIpc) is 3.03. The predicted octanol–water partition coefficient (Wildman–Crippen LogP) is 3.85. The Hall–Kier alpha value is -3.20. The van der Waals surface area contributed by atoms with E-state index in [1.165, 1.54) is 30.1 Å². The van der Waals surface area contributed by atoms with Crippen molar-refractivity contribution in [1.82, 2.24) is 4.90 Å². The highest BCUT2D eigenvalue weighted by Gasteiger charge is 2.36. The largest absolute Gasteiger partial charge is 0.497 e. The zero-order valence-electron chi connectivity index (χ0n) is 16.0. The molecule has 0 N–H and O–H groups in total. The molecule has 1 aliphatic rings. The monoisotopic (exact) mass is 412 g/mol. The van der Waals surface area contributed by atoms with Crippen LogP contribution in [-0.4, -0.2) is 39.5 Å². The second-order valence-corrected chi connectivity index (χ2v) is 7.44. The number of hydrogen-bond acceptors (Lipinski definition) is 7. The quantitative estimate of drug-likeness (QED) is 0.391. The number of nitro groups is 1. The van der Waals surface area contributed by atoms with Crippen molar-refractivity contribution in [2.24, 2.45) is 10.2 Å². The molecule has 1 saturated heterocycles. The lowest BCUT2D eigenvalue weighted by Crippen LogP contribution is -2.31. The number of amides is 1. The van der Waals surface area contributed by atoms with Crippen molar-refractivity contribution in [2.45, 2.75) is 25.1 Å². The van der Waals surface area contributed by atoms with Gasteiger partial charge in [0.15, 0.2) is 5.17 Å². The summed E-state index contributed by atoms with van der Waals surface area (Å²) in [5.41, 5.74) is 1.50. The van der Waals surface area contributed by atoms with Crippen LogP contribution in [0, 0.1) is 10.1 Å². The van der Waals surface area contributed by atoms with Crippen LogP contribution in [0.4, 0.5) is 5.69 Å². The first-order valence-corrected chi connectivity index (χ1v) is 9.86. The van der Waals surface area contributed by atoms with Gasteiger partial charge < -0.3 is 4.74 Å². The van der Waals surface area contributed by atoms with Crippen molar-refractivity contribution in [3.05, 3.63) is 69.8 Å². The Morgan fingerprint density at radius 3 is 2.69 bits per heavy atom. The fraction of sp³-hybridized carbons (Fsp3) is 0.250. The van der Waals surface area contributed by atoms with Crippen molar-refractivity contribution in [2.75, 3.05) is 7.11 Å². The lowest BCUT2D eigenvalue weighted by molar-refractivity contribution is -0.384. The van der Waals surface area contributed by atoms with Crippen LogP contribution in [-0.2, 0) is 11.3 Å². The molecule has 0 aromatic heterocycles. The third-order valence-electron chi connectivity index (χ3n) is 4.32. The van der Waals surface area contributed by atoms with Gasteiger partial charge in [0.1, 0.15) is 5.75 Å². The zero-order chi connectivity index (χ0) is 20.8. The number of thioether (sulfide) groups is 1. The standard InChI is InChI=1S/C20H20N4O4S/c1-3-18-19(25)23(13-14-7-9-17(28-2)10-8-14)20(29-18)22-21-12-15-5-4-6-16(11-15)24(26)27/h4-12,18H,3,13H2,1-2H3/b21-12+,22-20-. The molecule has 2 aromatic rings. The molecular formula is C20H20N4O4S. The Bertz CT molecular complexity index is 959. The fourth-order valence-electron chi connectivity index (χ4n) is 2.77. The molecule has 1 atom stereocenters. The van der Waals surface area contributed by atoms with E-state index >= 15 is 0 Å². The van der Waals surface area contributed by atoms with Gasteiger partial charge >= 0.3 is 0 Å². The van der Waals surface area contributed by atoms with E-state index in [1.807, 2.05) is 31.2 Å². The van der Waals surface area contributed by atoms with Crippen LogP contribution in [0.5, 0.6) is 5.75 Å². The maximum absolute atomic E-state index is 12.7. The molecule has 1 amide bonds. The summed E-state index contributed by atoms with van der Waals surface area (Å²) in [5, 5.41) is 19.5. The molecule has 29 heavy (non-hydrogen) atoms. The summed E-state index contributed by atoms with van der Waals surface area (Å²) in [4.78, 5) is 24.7. The summed E-state index contributed by atoms with van der Waals surface area (Å²) in [6.45, 7) is 2.34. The number of benzene rings is 2. The minimum absolute atomic E-state index is 0.00221. The summed E-state index contributed by atoms with van der Waals surface area (Å²) in [5.74, 6) is 0.746. The van der Waals surface area contributed by atoms with Crippen molar-refractivity contribution in [1.29, 1.82) is 0 Å². The number of hydrogen-bond donors (Lipinski definition) is 0. The molecule has 3 rings (SSSR count). The molecule has 0 bridgehead atoms. The first-order valence-electron chi connectivity index (χ1n) is 8.98. The van der Waals surface area contributed by atoms with Crippen molar-refractivity contribution < 1.29 is 14.5 Å². The minimum atomic E-state index is -0.461. The van der Waals surface area contributed by atoms with Crippen LogP contribution in [0.25, 0.3) is 0 Å². The molecule has 0 saturated carbocycles. The van der Waals surface area contributed by atoms with Crippen LogP contribution < -0.4 is 4.74 Å². The molecule has 0 radical (unpaired) electrons. The Morgan fingerprint density at radius 1 is 1.28 bits per heavy atom. The summed E-state index contributed by atoms with van der Waals surface area (Å²) in [6, 6.07) is 13.6. The van der Waals surface area contributed by atoms with Gasteiger partial charge in [-0.25, -0.2) is 0 Å². The van der Waals surface area contributed by atoms with E-state index in [-0.39, 0.29) is 16.8 Å². The molecular weight excluding hydrogens is 392 g/mol. The van der Waals surface area contributed by atoms with Gasteiger partial charge in [0.25, 0.3) is 5.69 Å². The summed E-state index contributed by atoms with van der Waals surface area (Å²) in [7, 11) is 1.60. The first kappa shape index (κ1) is 20.5. The molecule has 1 heterocycles. The molecule has 8 nitrogen and oxygen atoms in total. The van der Waals surface area contributed by atoms with Gasteiger partial charge in [-0.1, -0.05) is 43.0 Å². The smallest absolute Gasteiger partial charge is 0.270 e. The zero-order valence-corrected chi connectivity index (χ0v) is 16.8. The highest BCUT2D eigenvalue weighted by atomic mass is 32.2. The Balaban J connectivity index is 1.79.